The highest BCUT2D eigenvalue weighted by Crippen LogP contribution is 2.47. The van der Waals surface area contributed by atoms with E-state index in [0.29, 0.717) is 24.0 Å². The maximum Gasteiger partial charge on any atom is 0.244 e. The molecule has 7 nitrogen and oxygen atoms in total. The van der Waals surface area contributed by atoms with Crippen LogP contribution in [0.5, 0.6) is 17.4 Å². The molecule has 2 heterocycles. The van der Waals surface area contributed by atoms with E-state index in [0.717, 1.165) is 27.9 Å². The number of ether oxygens (including phenoxy) is 3. The summed E-state index contributed by atoms with van der Waals surface area (Å²) in [4.78, 5) is 0. The number of nitrogens with two attached hydrogens (primary N) is 1. The first-order valence-electron chi connectivity index (χ1n) is 11.4. The highest BCUT2D eigenvalue weighted by molar-refractivity contribution is 5.71. The Morgan fingerprint density at radius 3 is 2.56 bits per heavy atom. The maximum atomic E-state index is 13.2. The van der Waals surface area contributed by atoms with Crippen LogP contribution in [0.15, 0.2) is 84.3 Å². The van der Waals surface area contributed by atoms with E-state index in [1.807, 2.05) is 49.4 Å². The number of hydrogen-bond donors (Lipinski definition) is 2. The minimum atomic E-state index is -0.530. The second kappa shape index (κ2) is 9.84. The second-order valence-electron chi connectivity index (χ2n) is 8.16. The summed E-state index contributed by atoms with van der Waals surface area (Å²) in [5.74, 6) is 0.552. The van der Waals surface area contributed by atoms with Crippen LogP contribution in [0.4, 0.5) is 4.39 Å². The molecule has 180 valence electrons. The fourth-order valence-corrected chi connectivity index (χ4v) is 4.24. The lowest BCUT2D eigenvalue weighted by molar-refractivity contribution is 0.269. The van der Waals surface area contributed by atoms with Crippen LogP contribution in [0.25, 0.3) is 11.3 Å². The van der Waals surface area contributed by atoms with E-state index in [4.69, 9.17) is 19.9 Å². The number of fused-ring (bicyclic) bond motifs is 1. The molecule has 0 bridgehead atoms. The monoisotopic (exact) mass is 482 g/mol. The molecule has 1 aromatic heterocycles. The van der Waals surface area contributed by atoms with E-state index < -0.39 is 5.92 Å². The average molecular weight is 483 g/mol. The number of rotatable bonds is 7. The van der Waals surface area contributed by atoms with Gasteiger partial charge in [-0.25, -0.2) is 4.39 Å². The van der Waals surface area contributed by atoms with E-state index in [9.17, 15) is 9.65 Å². The Labute approximate surface area is 207 Å². The summed E-state index contributed by atoms with van der Waals surface area (Å²) in [7, 11) is 0. The molecule has 4 aromatic rings. The Kier molecular flexibility index (Phi) is 6.29. The zero-order valence-electron chi connectivity index (χ0n) is 19.5. The fourth-order valence-electron chi connectivity index (χ4n) is 4.24. The van der Waals surface area contributed by atoms with Crippen molar-refractivity contribution in [3.8, 4) is 34.7 Å². The van der Waals surface area contributed by atoms with Crippen LogP contribution in [0.3, 0.4) is 0 Å². The zero-order valence-corrected chi connectivity index (χ0v) is 19.5. The highest BCUT2D eigenvalue weighted by Gasteiger charge is 2.36. The molecule has 0 saturated heterocycles. The molecule has 0 radical (unpaired) electrons. The van der Waals surface area contributed by atoms with Crippen molar-refractivity contribution in [2.75, 3.05) is 6.61 Å². The van der Waals surface area contributed by atoms with Gasteiger partial charge in [-0.1, -0.05) is 48.5 Å². The number of hydrogen-bond acceptors (Lipinski definition) is 6. The van der Waals surface area contributed by atoms with Crippen molar-refractivity contribution in [3.63, 3.8) is 0 Å². The van der Waals surface area contributed by atoms with Gasteiger partial charge in [0.1, 0.15) is 24.1 Å². The van der Waals surface area contributed by atoms with E-state index >= 15 is 0 Å². The van der Waals surface area contributed by atoms with Gasteiger partial charge in [0.15, 0.2) is 11.5 Å². The van der Waals surface area contributed by atoms with E-state index in [2.05, 4.69) is 16.3 Å². The van der Waals surface area contributed by atoms with Crippen molar-refractivity contribution in [2.45, 2.75) is 19.4 Å². The molecule has 8 heteroatoms. The quantitative estimate of drug-likeness (QED) is 0.365. The van der Waals surface area contributed by atoms with Crippen molar-refractivity contribution >= 4 is 0 Å². The first-order valence-corrected chi connectivity index (χ1v) is 11.4. The molecular weight excluding hydrogens is 459 g/mol. The first-order chi connectivity index (χ1) is 17.6. The third-order valence-electron chi connectivity index (χ3n) is 5.91. The molecule has 1 unspecified atom stereocenters. The summed E-state index contributed by atoms with van der Waals surface area (Å²) in [6.07, 6.45) is 0. The summed E-state index contributed by atoms with van der Waals surface area (Å²) >= 11 is 0. The average Bonchev–Trinajstić information content (AvgIpc) is 3.32. The summed E-state index contributed by atoms with van der Waals surface area (Å²) in [6.45, 7) is 2.54. The summed E-state index contributed by atoms with van der Waals surface area (Å²) in [5.41, 5.74) is 10.4. The predicted octanol–water partition coefficient (Wildman–Crippen LogP) is 5.41. The van der Waals surface area contributed by atoms with Gasteiger partial charge in [-0.15, -0.1) is 5.10 Å². The molecule has 0 amide bonds. The molecule has 1 atom stereocenters. The number of nitriles is 1. The number of aromatic nitrogens is 2. The molecule has 1 aliphatic heterocycles. The van der Waals surface area contributed by atoms with Crippen LogP contribution >= 0.6 is 0 Å². The fraction of sp³-hybridized carbons (Fsp3) is 0.143. The molecule has 5 rings (SSSR count). The van der Waals surface area contributed by atoms with Crippen LogP contribution in [0.1, 0.15) is 29.5 Å². The van der Waals surface area contributed by atoms with Gasteiger partial charge in [-0.3, -0.25) is 5.10 Å². The molecule has 0 fully saturated rings. The smallest absolute Gasteiger partial charge is 0.244 e. The standard InChI is InChI=1S/C28H23FN4O3/c1-2-34-23-14-19(10-13-22(23)35-16-17-8-11-20(29)12-9-17)24-21(15-30)27(31)36-28-25(24)26(32-33-28)18-6-4-3-5-7-18/h3-14,24H,2,16,31H2,1H3,(H,32,33). The Hall–Kier alpha value is -4.77. The lowest BCUT2D eigenvalue weighted by Gasteiger charge is -2.25. The van der Waals surface area contributed by atoms with Gasteiger partial charge in [0.05, 0.1) is 23.8 Å². The maximum absolute atomic E-state index is 13.2. The van der Waals surface area contributed by atoms with Crippen LogP contribution in [0.2, 0.25) is 0 Å². The van der Waals surface area contributed by atoms with Gasteiger partial charge in [0, 0.05) is 0 Å². The van der Waals surface area contributed by atoms with Crippen molar-refractivity contribution in [1.82, 2.24) is 10.2 Å². The van der Waals surface area contributed by atoms with Gasteiger partial charge in [0.2, 0.25) is 11.8 Å². The van der Waals surface area contributed by atoms with Crippen molar-refractivity contribution in [3.05, 3.63) is 107 Å². The molecule has 0 spiro atoms. The molecule has 3 aromatic carbocycles. The Morgan fingerprint density at radius 2 is 1.83 bits per heavy atom. The highest BCUT2D eigenvalue weighted by atomic mass is 19.1. The second-order valence-corrected chi connectivity index (χ2v) is 8.16. The first kappa shape index (κ1) is 23.0. The largest absolute Gasteiger partial charge is 0.490 e. The van der Waals surface area contributed by atoms with Gasteiger partial charge in [0.25, 0.3) is 0 Å². The van der Waals surface area contributed by atoms with Crippen molar-refractivity contribution in [1.29, 1.82) is 5.26 Å². The Morgan fingerprint density at radius 1 is 1.06 bits per heavy atom. The van der Waals surface area contributed by atoms with Gasteiger partial charge < -0.3 is 19.9 Å². The third kappa shape index (κ3) is 4.34. The van der Waals surface area contributed by atoms with Crippen LogP contribution in [-0.2, 0) is 6.61 Å². The number of aromatic amines is 1. The Bertz CT molecular complexity index is 1460. The normalized spacial score (nSPS) is 14.5. The van der Waals surface area contributed by atoms with Crippen LogP contribution in [0, 0.1) is 17.1 Å². The van der Waals surface area contributed by atoms with Crippen LogP contribution < -0.4 is 19.9 Å². The van der Waals surface area contributed by atoms with Crippen molar-refractivity contribution in [2.24, 2.45) is 5.73 Å². The molecule has 0 aliphatic carbocycles. The zero-order chi connectivity index (χ0) is 25.1. The SMILES string of the molecule is CCOc1cc(C2C(C#N)=C(N)Oc3n[nH]c(-c4ccccc4)c32)ccc1OCc1ccc(F)cc1. The number of benzene rings is 3. The molecular formula is C28H23FN4O3. The third-order valence-corrected chi connectivity index (χ3v) is 5.91. The van der Waals surface area contributed by atoms with Gasteiger partial charge >= 0.3 is 0 Å². The number of halogens is 1. The lowest BCUT2D eigenvalue weighted by atomic mass is 9.83. The number of nitrogens with one attached hydrogen (secondary N) is 1. The number of nitrogens with zero attached hydrogens (tertiary/aromatic N) is 2. The molecule has 3 N–H and O–H groups in total. The minimum Gasteiger partial charge on any atom is -0.490 e. The van der Waals surface area contributed by atoms with Gasteiger partial charge in [-0.2, -0.15) is 5.26 Å². The molecule has 1 aliphatic rings. The summed E-state index contributed by atoms with van der Waals surface area (Å²) < 4.78 is 30.8. The number of H-pyrrole nitrogens is 1. The van der Waals surface area contributed by atoms with E-state index in [1.165, 1.54) is 12.1 Å². The Balaban J connectivity index is 1.55. The number of allylic oxidation sites excluding steroid dienone is 1. The lowest BCUT2D eigenvalue weighted by Crippen LogP contribution is -2.21. The summed E-state index contributed by atoms with van der Waals surface area (Å²) in [6, 6.07) is 23.5. The molecule has 0 saturated carbocycles. The van der Waals surface area contributed by atoms with Crippen molar-refractivity contribution < 1.29 is 18.6 Å². The molecule has 36 heavy (non-hydrogen) atoms. The van der Waals surface area contributed by atoms with E-state index in [-0.39, 0.29) is 23.9 Å². The predicted molar refractivity (Wildman–Crippen MR) is 132 cm³/mol. The van der Waals surface area contributed by atoms with E-state index in [1.54, 1.807) is 18.2 Å². The topological polar surface area (TPSA) is 106 Å². The van der Waals surface area contributed by atoms with Gasteiger partial charge in [-0.05, 0) is 47.9 Å². The van der Waals surface area contributed by atoms with Crippen LogP contribution in [-0.4, -0.2) is 16.8 Å². The summed E-state index contributed by atoms with van der Waals surface area (Å²) in [5, 5.41) is 17.4. The minimum absolute atomic E-state index is 0.00991.